The Labute approximate surface area is 70.0 Å². The van der Waals surface area contributed by atoms with Gasteiger partial charge in [-0.05, 0) is 6.42 Å². The zero-order chi connectivity index (χ0) is 9.56. The molecular weight excluding hydrogens is 160 g/mol. The van der Waals surface area contributed by atoms with Gasteiger partial charge in [0, 0.05) is 6.42 Å². The number of hydrogen-bond donors (Lipinski definition) is 3. The van der Waals surface area contributed by atoms with Gasteiger partial charge in [-0.3, -0.25) is 9.59 Å². The quantitative estimate of drug-likeness (QED) is 0.473. The number of aliphatic carboxylic acids is 1. The second-order valence-electron chi connectivity index (χ2n) is 2.32. The first-order chi connectivity index (χ1) is 5.54. The molecule has 0 aromatic carbocycles. The first-order valence-electron chi connectivity index (χ1n) is 3.45. The average Bonchev–Trinajstić information content (AvgIpc) is 1.97. The molecule has 5 heteroatoms. The van der Waals surface area contributed by atoms with E-state index >= 15 is 0 Å². The van der Waals surface area contributed by atoms with Crippen LogP contribution >= 0.6 is 0 Å². The van der Waals surface area contributed by atoms with Gasteiger partial charge in [-0.25, -0.2) is 0 Å². The maximum Gasteiger partial charge on any atom is 0.320 e. The molecule has 1 amide bonds. The summed E-state index contributed by atoms with van der Waals surface area (Å²) in [7, 11) is 0. The summed E-state index contributed by atoms with van der Waals surface area (Å²) in [4.78, 5) is 20.4. The first-order valence-corrected chi connectivity index (χ1v) is 3.45. The summed E-state index contributed by atoms with van der Waals surface area (Å²) in [6, 6.07) is -0.908. The normalized spacial score (nSPS) is 13.1. The smallest absolute Gasteiger partial charge is 0.320 e. The lowest BCUT2D eigenvalue weighted by atomic mass is 10.2. The van der Waals surface area contributed by atoms with E-state index in [9.17, 15) is 9.59 Å². The molecule has 5 N–H and O–H groups in total. The molecule has 0 aliphatic heterocycles. The van der Waals surface area contributed by atoms with Crippen molar-refractivity contribution in [3.63, 3.8) is 0 Å². The second kappa shape index (κ2) is 5.31. The van der Waals surface area contributed by atoms with Crippen molar-refractivity contribution in [1.29, 1.82) is 0 Å². The third kappa shape index (κ3) is 5.43. The van der Waals surface area contributed by atoms with Crippen LogP contribution in [-0.2, 0) is 9.59 Å². The Morgan fingerprint density at radius 1 is 1.42 bits per heavy atom. The average molecular weight is 172 g/mol. The van der Waals surface area contributed by atoms with Crippen molar-refractivity contribution in [2.75, 3.05) is 0 Å². The number of carboxylic acids is 1. The van der Waals surface area contributed by atoms with Gasteiger partial charge in [0.2, 0.25) is 5.91 Å². The van der Waals surface area contributed by atoms with Crippen LogP contribution in [0.5, 0.6) is 0 Å². The molecule has 0 aromatic rings. The van der Waals surface area contributed by atoms with E-state index in [-0.39, 0.29) is 12.8 Å². The Morgan fingerprint density at radius 2 is 2.00 bits per heavy atom. The Hall–Kier alpha value is -1.36. The van der Waals surface area contributed by atoms with Gasteiger partial charge in [0.25, 0.3) is 0 Å². The largest absolute Gasteiger partial charge is 0.480 e. The van der Waals surface area contributed by atoms with Crippen LogP contribution in [0.25, 0.3) is 0 Å². The van der Waals surface area contributed by atoms with Crippen molar-refractivity contribution in [1.82, 2.24) is 0 Å². The summed E-state index contributed by atoms with van der Waals surface area (Å²) in [5, 5.41) is 8.34. The highest BCUT2D eigenvalue weighted by molar-refractivity contribution is 5.75. The molecule has 0 saturated heterocycles. The van der Waals surface area contributed by atoms with Crippen molar-refractivity contribution >= 4 is 11.9 Å². The molecular formula is C7H12N2O3. The van der Waals surface area contributed by atoms with Crippen molar-refractivity contribution in [3.8, 4) is 0 Å². The van der Waals surface area contributed by atoms with E-state index in [0.29, 0.717) is 0 Å². The zero-order valence-electron chi connectivity index (χ0n) is 6.56. The van der Waals surface area contributed by atoms with Crippen LogP contribution < -0.4 is 11.5 Å². The molecule has 0 radical (unpaired) electrons. The lowest BCUT2D eigenvalue weighted by Crippen LogP contribution is -2.29. The summed E-state index contributed by atoms with van der Waals surface area (Å²) >= 11 is 0. The number of nitrogens with two attached hydrogens (primary N) is 2. The number of hydrogen-bond acceptors (Lipinski definition) is 3. The highest BCUT2D eigenvalue weighted by Crippen LogP contribution is 1.91. The number of carboxylic acid groups (broad SMARTS) is 1. The molecule has 0 fully saturated rings. The summed E-state index contributed by atoms with van der Waals surface area (Å²) in [6.45, 7) is 0. The van der Waals surface area contributed by atoms with Crippen LogP contribution in [0.4, 0.5) is 0 Å². The lowest BCUT2D eigenvalue weighted by Gasteiger charge is -1.99. The molecule has 0 aliphatic carbocycles. The molecule has 1 atom stereocenters. The molecule has 5 nitrogen and oxygen atoms in total. The van der Waals surface area contributed by atoms with Crippen LogP contribution in [0.2, 0.25) is 0 Å². The minimum Gasteiger partial charge on any atom is -0.480 e. The third-order valence-electron chi connectivity index (χ3n) is 1.19. The second-order valence-corrected chi connectivity index (χ2v) is 2.32. The van der Waals surface area contributed by atoms with Gasteiger partial charge in [-0.15, -0.1) is 0 Å². The third-order valence-corrected chi connectivity index (χ3v) is 1.19. The van der Waals surface area contributed by atoms with Crippen LogP contribution in [0, 0.1) is 0 Å². The SMILES string of the molecule is NC(=O)C/C=C\CC(N)C(=O)O. The van der Waals surface area contributed by atoms with Gasteiger partial charge >= 0.3 is 5.97 Å². The highest BCUT2D eigenvalue weighted by atomic mass is 16.4. The molecule has 68 valence electrons. The molecule has 1 unspecified atom stereocenters. The standard InChI is InChI=1S/C7H12N2O3/c8-5(7(11)12)3-1-2-4-6(9)10/h1-2,5H,3-4,8H2,(H2,9,10)(H,11,12)/b2-1-. The summed E-state index contributed by atoms with van der Waals surface area (Å²) in [5.74, 6) is -1.51. The van der Waals surface area contributed by atoms with E-state index in [0.717, 1.165) is 0 Å². The van der Waals surface area contributed by atoms with Gasteiger partial charge in [0.05, 0.1) is 0 Å². The van der Waals surface area contributed by atoms with Crippen LogP contribution in [-0.4, -0.2) is 23.0 Å². The molecule has 0 aromatic heterocycles. The minimum atomic E-state index is -1.06. The fraction of sp³-hybridized carbons (Fsp3) is 0.429. The van der Waals surface area contributed by atoms with E-state index in [1.807, 2.05) is 0 Å². The summed E-state index contributed by atoms with van der Waals surface area (Å²) in [6.07, 6.45) is 3.36. The number of carbonyl (C=O) groups excluding carboxylic acids is 1. The van der Waals surface area contributed by atoms with Crippen molar-refractivity contribution in [3.05, 3.63) is 12.2 Å². The van der Waals surface area contributed by atoms with Crippen molar-refractivity contribution in [2.24, 2.45) is 11.5 Å². The van der Waals surface area contributed by atoms with Crippen molar-refractivity contribution in [2.45, 2.75) is 18.9 Å². The van der Waals surface area contributed by atoms with E-state index < -0.39 is 17.9 Å². The number of primary amides is 1. The monoisotopic (exact) mass is 172 g/mol. The molecule has 0 saturated carbocycles. The zero-order valence-corrected chi connectivity index (χ0v) is 6.56. The maximum absolute atomic E-state index is 10.2. The Balaban J connectivity index is 3.60. The predicted molar refractivity (Wildman–Crippen MR) is 43.2 cm³/mol. The van der Waals surface area contributed by atoms with Gasteiger partial charge in [0.15, 0.2) is 0 Å². The molecule has 0 spiro atoms. The first kappa shape index (κ1) is 10.6. The van der Waals surface area contributed by atoms with E-state index in [2.05, 4.69) is 0 Å². The van der Waals surface area contributed by atoms with E-state index in [1.54, 1.807) is 0 Å². The number of amides is 1. The molecule has 12 heavy (non-hydrogen) atoms. The molecule has 0 heterocycles. The van der Waals surface area contributed by atoms with E-state index in [4.69, 9.17) is 16.6 Å². The predicted octanol–water partition coefficient (Wildman–Crippen LogP) is -0.780. The maximum atomic E-state index is 10.2. The van der Waals surface area contributed by atoms with Crippen LogP contribution in [0.15, 0.2) is 12.2 Å². The van der Waals surface area contributed by atoms with Gasteiger partial charge < -0.3 is 16.6 Å². The summed E-state index contributed by atoms with van der Waals surface area (Å²) < 4.78 is 0. The van der Waals surface area contributed by atoms with Crippen LogP contribution in [0.1, 0.15) is 12.8 Å². The number of rotatable bonds is 5. The summed E-state index contributed by atoms with van der Waals surface area (Å²) in [5.41, 5.74) is 10.00. The Bertz CT molecular complexity index is 201. The van der Waals surface area contributed by atoms with Crippen molar-refractivity contribution < 1.29 is 14.7 Å². The molecule has 0 bridgehead atoms. The number of carbonyl (C=O) groups is 2. The Morgan fingerprint density at radius 3 is 2.42 bits per heavy atom. The topological polar surface area (TPSA) is 106 Å². The highest BCUT2D eigenvalue weighted by Gasteiger charge is 2.07. The fourth-order valence-electron chi connectivity index (χ4n) is 0.543. The van der Waals surface area contributed by atoms with E-state index in [1.165, 1.54) is 12.2 Å². The molecule has 0 rings (SSSR count). The fourth-order valence-corrected chi connectivity index (χ4v) is 0.543. The molecule has 0 aliphatic rings. The van der Waals surface area contributed by atoms with Crippen LogP contribution in [0.3, 0.4) is 0 Å². The van der Waals surface area contributed by atoms with Gasteiger partial charge in [0.1, 0.15) is 6.04 Å². The lowest BCUT2D eigenvalue weighted by molar-refractivity contribution is -0.138. The minimum absolute atomic E-state index is 0.117. The van der Waals surface area contributed by atoms with Gasteiger partial charge in [-0.1, -0.05) is 12.2 Å². The Kier molecular flexibility index (Phi) is 4.71. The van der Waals surface area contributed by atoms with Gasteiger partial charge in [-0.2, -0.15) is 0 Å².